The van der Waals surface area contributed by atoms with E-state index >= 15 is 0 Å². The van der Waals surface area contributed by atoms with Crippen LogP contribution in [0.4, 0.5) is 0 Å². The van der Waals surface area contributed by atoms with E-state index in [9.17, 15) is 0 Å². The van der Waals surface area contributed by atoms with Gasteiger partial charge in [0, 0.05) is 30.5 Å². The Hall–Kier alpha value is -1.32. The summed E-state index contributed by atoms with van der Waals surface area (Å²) in [5.41, 5.74) is 1.27. The first-order valence-electron chi connectivity index (χ1n) is 6.25. The van der Waals surface area contributed by atoms with Gasteiger partial charge < -0.3 is 9.88 Å². The van der Waals surface area contributed by atoms with Crippen molar-refractivity contribution in [3.8, 4) is 0 Å². The zero-order valence-electron chi connectivity index (χ0n) is 10.3. The number of hydrogen-bond donors (Lipinski definition) is 1. The van der Waals surface area contributed by atoms with Crippen molar-refractivity contribution in [3.05, 3.63) is 53.6 Å². The Labute approximate surface area is 113 Å². The Balaban J connectivity index is 1.55. The molecule has 96 valence electrons. The van der Waals surface area contributed by atoms with Gasteiger partial charge in [-0.05, 0) is 37.1 Å². The molecule has 0 aliphatic heterocycles. The molecule has 0 radical (unpaired) electrons. The van der Waals surface area contributed by atoms with Crippen LogP contribution in [0, 0.1) is 0 Å². The third kappa shape index (κ3) is 4.51. The lowest BCUT2D eigenvalue weighted by Crippen LogP contribution is -2.15. The van der Waals surface area contributed by atoms with Crippen molar-refractivity contribution in [2.75, 3.05) is 6.54 Å². The fourth-order valence-corrected chi connectivity index (χ4v) is 1.92. The lowest BCUT2D eigenvalue weighted by Gasteiger charge is -2.05. The Morgan fingerprint density at radius 3 is 2.72 bits per heavy atom. The summed E-state index contributed by atoms with van der Waals surface area (Å²) < 4.78 is 2.11. The van der Waals surface area contributed by atoms with Gasteiger partial charge >= 0.3 is 0 Å². The highest BCUT2D eigenvalue weighted by Gasteiger charge is 1.94. The maximum atomic E-state index is 5.84. The van der Waals surface area contributed by atoms with Crippen molar-refractivity contribution >= 4 is 11.6 Å². The van der Waals surface area contributed by atoms with E-state index in [1.807, 2.05) is 30.9 Å². The van der Waals surface area contributed by atoms with Crippen LogP contribution < -0.4 is 5.32 Å². The van der Waals surface area contributed by atoms with Crippen LogP contribution in [0.3, 0.4) is 0 Å². The van der Waals surface area contributed by atoms with Crippen LogP contribution in [0.2, 0.25) is 5.02 Å². The molecule has 0 aliphatic rings. The van der Waals surface area contributed by atoms with E-state index in [0.29, 0.717) is 0 Å². The van der Waals surface area contributed by atoms with Crippen LogP contribution in [-0.4, -0.2) is 16.1 Å². The highest BCUT2D eigenvalue weighted by molar-refractivity contribution is 6.30. The number of nitrogens with zero attached hydrogens (tertiary/aromatic N) is 2. The third-order valence-corrected chi connectivity index (χ3v) is 3.07. The molecule has 0 bridgehead atoms. The van der Waals surface area contributed by atoms with Gasteiger partial charge in [-0.3, -0.25) is 0 Å². The molecule has 1 heterocycles. The van der Waals surface area contributed by atoms with Gasteiger partial charge in [0.2, 0.25) is 0 Å². The molecule has 1 N–H and O–H groups in total. The molecule has 0 amide bonds. The number of unbranched alkanes of at least 4 members (excludes halogenated alkanes) is 1. The zero-order valence-corrected chi connectivity index (χ0v) is 11.1. The molecule has 2 rings (SSSR count). The molecule has 2 aromatic rings. The van der Waals surface area contributed by atoms with E-state index in [1.165, 1.54) is 18.4 Å². The molecule has 3 nitrogen and oxygen atoms in total. The molecule has 18 heavy (non-hydrogen) atoms. The maximum absolute atomic E-state index is 5.84. The van der Waals surface area contributed by atoms with Gasteiger partial charge in [0.15, 0.2) is 0 Å². The van der Waals surface area contributed by atoms with Crippen molar-refractivity contribution in [2.45, 2.75) is 25.9 Å². The maximum Gasteiger partial charge on any atom is 0.0945 e. The van der Waals surface area contributed by atoms with Gasteiger partial charge in [-0.2, -0.15) is 0 Å². The topological polar surface area (TPSA) is 29.9 Å². The standard InChI is InChI=1S/C14H18ClN3/c15-14-5-3-13(4-6-14)11-16-7-1-2-9-18-10-8-17-12-18/h3-6,8,10,12,16H,1-2,7,9,11H2. The highest BCUT2D eigenvalue weighted by Crippen LogP contribution is 2.09. The van der Waals surface area contributed by atoms with Crippen LogP contribution in [0.15, 0.2) is 43.0 Å². The molecule has 1 aromatic carbocycles. The van der Waals surface area contributed by atoms with Crippen molar-refractivity contribution < 1.29 is 0 Å². The van der Waals surface area contributed by atoms with Crippen molar-refractivity contribution in [3.63, 3.8) is 0 Å². The summed E-state index contributed by atoms with van der Waals surface area (Å²) >= 11 is 5.84. The van der Waals surface area contributed by atoms with Crippen molar-refractivity contribution in [2.24, 2.45) is 0 Å². The minimum atomic E-state index is 0.791. The number of nitrogens with one attached hydrogen (secondary N) is 1. The van der Waals surface area contributed by atoms with E-state index in [-0.39, 0.29) is 0 Å². The van der Waals surface area contributed by atoms with E-state index < -0.39 is 0 Å². The van der Waals surface area contributed by atoms with Crippen LogP contribution in [0.5, 0.6) is 0 Å². The minimum Gasteiger partial charge on any atom is -0.337 e. The van der Waals surface area contributed by atoms with Gasteiger partial charge in [-0.1, -0.05) is 23.7 Å². The third-order valence-electron chi connectivity index (χ3n) is 2.82. The summed E-state index contributed by atoms with van der Waals surface area (Å²) in [4.78, 5) is 4.02. The molecular formula is C14H18ClN3. The fraction of sp³-hybridized carbons (Fsp3) is 0.357. The monoisotopic (exact) mass is 263 g/mol. The van der Waals surface area contributed by atoms with Gasteiger partial charge in [0.1, 0.15) is 0 Å². The Kier molecular flexibility index (Phi) is 5.24. The molecule has 4 heteroatoms. The number of rotatable bonds is 7. The molecule has 0 spiro atoms. The highest BCUT2D eigenvalue weighted by atomic mass is 35.5. The lowest BCUT2D eigenvalue weighted by atomic mass is 10.2. The predicted octanol–water partition coefficient (Wildman–Crippen LogP) is 3.11. The average molecular weight is 264 g/mol. The molecule has 0 fully saturated rings. The number of halogens is 1. The number of aromatic nitrogens is 2. The van der Waals surface area contributed by atoms with Crippen molar-refractivity contribution in [1.82, 2.24) is 14.9 Å². The van der Waals surface area contributed by atoms with E-state index in [0.717, 1.165) is 24.7 Å². The lowest BCUT2D eigenvalue weighted by molar-refractivity contribution is 0.568. The first-order chi connectivity index (χ1) is 8.84. The summed E-state index contributed by atoms with van der Waals surface area (Å²) in [7, 11) is 0. The molecule has 1 aromatic heterocycles. The van der Waals surface area contributed by atoms with Gasteiger partial charge in [-0.15, -0.1) is 0 Å². The van der Waals surface area contributed by atoms with E-state index in [4.69, 9.17) is 11.6 Å². The second-order valence-corrected chi connectivity index (χ2v) is 4.75. The molecule has 0 aliphatic carbocycles. The molecule has 0 saturated carbocycles. The second-order valence-electron chi connectivity index (χ2n) is 4.31. The number of aryl methyl sites for hydroxylation is 1. The number of imidazole rings is 1. The average Bonchev–Trinajstić information content (AvgIpc) is 2.89. The Morgan fingerprint density at radius 1 is 1.17 bits per heavy atom. The fourth-order valence-electron chi connectivity index (χ4n) is 1.80. The van der Waals surface area contributed by atoms with E-state index in [2.05, 4.69) is 27.0 Å². The summed E-state index contributed by atoms with van der Waals surface area (Å²) in [6.45, 7) is 2.99. The van der Waals surface area contributed by atoms with Crippen LogP contribution >= 0.6 is 11.6 Å². The Morgan fingerprint density at radius 2 is 2.00 bits per heavy atom. The molecule has 0 saturated heterocycles. The molecule has 0 atom stereocenters. The summed E-state index contributed by atoms with van der Waals surface area (Å²) in [6, 6.07) is 7.97. The number of hydrogen-bond acceptors (Lipinski definition) is 2. The van der Waals surface area contributed by atoms with Crippen LogP contribution in [0.25, 0.3) is 0 Å². The SMILES string of the molecule is Clc1ccc(CNCCCCn2ccnc2)cc1. The summed E-state index contributed by atoms with van der Waals surface area (Å²) in [5, 5.41) is 4.22. The van der Waals surface area contributed by atoms with Crippen LogP contribution in [-0.2, 0) is 13.1 Å². The van der Waals surface area contributed by atoms with Gasteiger partial charge in [0.25, 0.3) is 0 Å². The normalized spacial score (nSPS) is 10.7. The van der Waals surface area contributed by atoms with Gasteiger partial charge in [0.05, 0.1) is 6.33 Å². The molecule has 0 unspecified atom stereocenters. The second kappa shape index (κ2) is 7.19. The first-order valence-corrected chi connectivity index (χ1v) is 6.63. The summed E-state index contributed by atoms with van der Waals surface area (Å²) in [5.74, 6) is 0. The number of benzene rings is 1. The largest absolute Gasteiger partial charge is 0.337 e. The summed E-state index contributed by atoms with van der Waals surface area (Å²) in [6.07, 6.45) is 8.02. The molecular weight excluding hydrogens is 246 g/mol. The van der Waals surface area contributed by atoms with Crippen molar-refractivity contribution in [1.29, 1.82) is 0 Å². The predicted molar refractivity (Wildman–Crippen MR) is 74.6 cm³/mol. The Bertz CT molecular complexity index is 437. The zero-order chi connectivity index (χ0) is 12.6. The minimum absolute atomic E-state index is 0.791. The first kappa shape index (κ1) is 13.1. The smallest absolute Gasteiger partial charge is 0.0945 e. The van der Waals surface area contributed by atoms with Gasteiger partial charge in [-0.25, -0.2) is 4.98 Å². The van der Waals surface area contributed by atoms with E-state index in [1.54, 1.807) is 0 Å². The van der Waals surface area contributed by atoms with Crippen LogP contribution in [0.1, 0.15) is 18.4 Å². The quantitative estimate of drug-likeness (QED) is 0.778.